The molecular weight excluding hydrogens is 340 g/mol. The van der Waals surface area contributed by atoms with Gasteiger partial charge in [0.1, 0.15) is 10.7 Å². The van der Waals surface area contributed by atoms with Crippen LogP contribution in [0.15, 0.2) is 17.6 Å². The summed E-state index contributed by atoms with van der Waals surface area (Å²) in [5.41, 5.74) is 1.57. The number of rotatable bonds is 6. The zero-order valence-electron chi connectivity index (χ0n) is 14.4. The van der Waals surface area contributed by atoms with Gasteiger partial charge in [-0.05, 0) is 31.2 Å². The molecule has 0 spiro atoms. The second-order valence-corrected chi connectivity index (χ2v) is 6.99. The van der Waals surface area contributed by atoms with E-state index < -0.39 is 5.97 Å². The molecule has 8 heteroatoms. The summed E-state index contributed by atoms with van der Waals surface area (Å²) in [7, 11) is 1.32. The Bertz CT molecular complexity index is 764. The number of hydrogen-bond acceptors (Lipinski definition) is 5. The van der Waals surface area contributed by atoms with E-state index in [-0.39, 0.29) is 6.03 Å². The zero-order valence-corrected chi connectivity index (χ0v) is 15.2. The van der Waals surface area contributed by atoms with E-state index in [1.165, 1.54) is 37.7 Å². The normalized spacial score (nSPS) is 14.0. The predicted octanol–water partition coefficient (Wildman–Crippen LogP) is 3.13. The number of nitrogens with one attached hydrogen (secondary N) is 2. The van der Waals surface area contributed by atoms with Gasteiger partial charge < -0.3 is 19.9 Å². The third kappa shape index (κ3) is 3.84. The number of anilines is 1. The SMILES string of the molecule is COC(=O)c1sccc1NC(=O)NCCn1c(C)cnc1C1CCC1. The fourth-order valence-corrected chi connectivity index (χ4v) is 3.63. The van der Waals surface area contributed by atoms with Crippen molar-refractivity contribution in [3.05, 3.63) is 34.0 Å². The molecule has 0 radical (unpaired) electrons. The van der Waals surface area contributed by atoms with Crippen LogP contribution in [0.5, 0.6) is 0 Å². The highest BCUT2D eigenvalue weighted by atomic mass is 32.1. The minimum absolute atomic E-state index is 0.341. The summed E-state index contributed by atoms with van der Waals surface area (Å²) in [4.78, 5) is 28.6. The molecule has 7 nitrogen and oxygen atoms in total. The third-order valence-electron chi connectivity index (χ3n) is 4.46. The largest absolute Gasteiger partial charge is 0.465 e. The first kappa shape index (κ1) is 17.5. The van der Waals surface area contributed by atoms with Gasteiger partial charge in [-0.1, -0.05) is 6.42 Å². The lowest BCUT2D eigenvalue weighted by Gasteiger charge is -2.26. The van der Waals surface area contributed by atoms with Crippen LogP contribution in [0.3, 0.4) is 0 Å². The summed E-state index contributed by atoms with van der Waals surface area (Å²) in [5, 5.41) is 7.26. The highest BCUT2D eigenvalue weighted by Crippen LogP contribution is 2.35. The molecule has 0 aliphatic heterocycles. The topological polar surface area (TPSA) is 85.2 Å². The molecule has 0 atom stereocenters. The average Bonchev–Trinajstić information content (AvgIpc) is 3.14. The molecule has 2 amide bonds. The number of hydrogen-bond donors (Lipinski definition) is 2. The summed E-state index contributed by atoms with van der Waals surface area (Å²) in [5.74, 6) is 1.22. The van der Waals surface area contributed by atoms with Gasteiger partial charge in [0.15, 0.2) is 0 Å². The summed E-state index contributed by atoms with van der Waals surface area (Å²) < 4.78 is 6.88. The van der Waals surface area contributed by atoms with Crippen LogP contribution in [0, 0.1) is 6.92 Å². The molecule has 3 rings (SSSR count). The summed E-state index contributed by atoms with van der Waals surface area (Å²) in [6.45, 7) is 3.20. The molecule has 1 saturated carbocycles. The van der Waals surface area contributed by atoms with Gasteiger partial charge in [0, 0.05) is 30.9 Å². The molecule has 2 N–H and O–H groups in total. The molecule has 0 bridgehead atoms. The maximum atomic E-state index is 12.1. The standard InChI is InChI=1S/C17H22N4O3S/c1-11-10-19-15(12-4-3-5-12)21(11)8-7-18-17(23)20-13-6-9-25-14(13)16(22)24-2/h6,9-10,12H,3-5,7-8H2,1-2H3,(H2,18,20,23). The van der Waals surface area contributed by atoms with Gasteiger partial charge in [-0.15, -0.1) is 11.3 Å². The first-order chi connectivity index (χ1) is 12.1. The number of carbonyl (C=O) groups excluding carboxylic acids is 2. The molecular formula is C17H22N4O3S. The molecule has 2 aromatic rings. The lowest BCUT2D eigenvalue weighted by Crippen LogP contribution is -2.32. The Morgan fingerprint density at radius 3 is 2.92 bits per heavy atom. The molecule has 2 aromatic heterocycles. The lowest BCUT2D eigenvalue weighted by molar-refractivity contribution is 0.0607. The van der Waals surface area contributed by atoms with E-state index in [1.807, 2.05) is 13.1 Å². The van der Waals surface area contributed by atoms with Gasteiger partial charge in [-0.25, -0.2) is 14.6 Å². The van der Waals surface area contributed by atoms with Gasteiger partial charge in [0.25, 0.3) is 0 Å². The highest BCUT2D eigenvalue weighted by molar-refractivity contribution is 7.12. The molecule has 0 aromatic carbocycles. The molecule has 1 fully saturated rings. The van der Waals surface area contributed by atoms with Crippen molar-refractivity contribution in [2.45, 2.75) is 38.6 Å². The Balaban J connectivity index is 1.53. The second kappa shape index (κ2) is 7.69. The number of urea groups is 1. The van der Waals surface area contributed by atoms with Crippen molar-refractivity contribution < 1.29 is 14.3 Å². The van der Waals surface area contributed by atoms with Crippen LogP contribution < -0.4 is 10.6 Å². The maximum Gasteiger partial charge on any atom is 0.350 e. The Labute approximate surface area is 150 Å². The van der Waals surface area contributed by atoms with Gasteiger partial charge >= 0.3 is 12.0 Å². The van der Waals surface area contributed by atoms with Crippen molar-refractivity contribution in [1.29, 1.82) is 0 Å². The highest BCUT2D eigenvalue weighted by Gasteiger charge is 2.24. The number of nitrogens with zero attached hydrogens (tertiary/aromatic N) is 2. The van der Waals surface area contributed by atoms with E-state index in [1.54, 1.807) is 11.4 Å². The lowest BCUT2D eigenvalue weighted by atomic mass is 9.85. The predicted molar refractivity (Wildman–Crippen MR) is 96.2 cm³/mol. The number of esters is 1. The van der Waals surface area contributed by atoms with E-state index >= 15 is 0 Å². The van der Waals surface area contributed by atoms with Crippen molar-refractivity contribution in [2.75, 3.05) is 19.0 Å². The Morgan fingerprint density at radius 1 is 1.44 bits per heavy atom. The molecule has 2 heterocycles. The Hall–Kier alpha value is -2.35. The molecule has 0 saturated heterocycles. The second-order valence-electron chi connectivity index (χ2n) is 6.07. The van der Waals surface area contributed by atoms with Crippen LogP contribution in [-0.2, 0) is 11.3 Å². The summed E-state index contributed by atoms with van der Waals surface area (Å²) >= 11 is 1.23. The van der Waals surface area contributed by atoms with E-state index in [0.29, 0.717) is 29.6 Å². The van der Waals surface area contributed by atoms with Crippen molar-refractivity contribution in [3.63, 3.8) is 0 Å². The number of imidazole rings is 1. The van der Waals surface area contributed by atoms with Crippen LogP contribution in [0.4, 0.5) is 10.5 Å². The first-order valence-electron chi connectivity index (χ1n) is 8.33. The molecule has 1 aliphatic carbocycles. The monoisotopic (exact) mass is 362 g/mol. The van der Waals surface area contributed by atoms with Gasteiger partial charge in [-0.2, -0.15) is 0 Å². The fourth-order valence-electron chi connectivity index (χ4n) is 2.87. The number of aryl methyl sites for hydroxylation is 1. The third-order valence-corrected chi connectivity index (χ3v) is 5.36. The zero-order chi connectivity index (χ0) is 17.8. The number of ether oxygens (including phenoxy) is 1. The van der Waals surface area contributed by atoms with Crippen molar-refractivity contribution in [1.82, 2.24) is 14.9 Å². The van der Waals surface area contributed by atoms with Crippen molar-refractivity contribution in [3.8, 4) is 0 Å². The average molecular weight is 362 g/mol. The van der Waals surface area contributed by atoms with Crippen LogP contribution in [0.25, 0.3) is 0 Å². The number of thiophene rings is 1. The van der Waals surface area contributed by atoms with Gasteiger partial charge in [0.2, 0.25) is 0 Å². The summed E-state index contributed by atoms with van der Waals surface area (Å²) in [6, 6.07) is 1.34. The van der Waals surface area contributed by atoms with Crippen molar-refractivity contribution in [2.24, 2.45) is 0 Å². The van der Waals surface area contributed by atoms with Crippen LogP contribution in [-0.4, -0.2) is 35.2 Å². The molecule has 134 valence electrons. The van der Waals surface area contributed by atoms with Crippen molar-refractivity contribution >= 4 is 29.0 Å². The fraction of sp³-hybridized carbons (Fsp3) is 0.471. The van der Waals surface area contributed by atoms with Gasteiger partial charge in [-0.3, -0.25) is 0 Å². The molecule has 1 aliphatic rings. The van der Waals surface area contributed by atoms with E-state index in [2.05, 4.69) is 20.2 Å². The van der Waals surface area contributed by atoms with Gasteiger partial charge in [0.05, 0.1) is 12.8 Å². The molecule has 0 unspecified atom stereocenters. The quantitative estimate of drug-likeness (QED) is 0.773. The number of amides is 2. The number of aromatic nitrogens is 2. The van der Waals surface area contributed by atoms with E-state index in [4.69, 9.17) is 4.74 Å². The minimum atomic E-state index is -0.454. The minimum Gasteiger partial charge on any atom is -0.465 e. The van der Waals surface area contributed by atoms with Crippen LogP contribution in [0.1, 0.15) is 46.4 Å². The van der Waals surface area contributed by atoms with E-state index in [0.717, 1.165) is 11.5 Å². The smallest absolute Gasteiger partial charge is 0.350 e. The van der Waals surface area contributed by atoms with E-state index in [9.17, 15) is 9.59 Å². The van der Waals surface area contributed by atoms with Crippen LogP contribution >= 0.6 is 11.3 Å². The Morgan fingerprint density at radius 2 is 2.24 bits per heavy atom. The van der Waals surface area contributed by atoms with Crippen LogP contribution in [0.2, 0.25) is 0 Å². The first-order valence-corrected chi connectivity index (χ1v) is 9.20. The number of methoxy groups -OCH3 is 1. The maximum absolute atomic E-state index is 12.1. The Kier molecular flexibility index (Phi) is 5.37. The summed E-state index contributed by atoms with van der Waals surface area (Å²) in [6.07, 6.45) is 5.54. The molecule has 25 heavy (non-hydrogen) atoms. The number of carbonyl (C=O) groups is 2.